The molecular weight excluding hydrogens is 853 g/mol. The van der Waals surface area contributed by atoms with Crippen LogP contribution in [0.25, 0.3) is 103 Å². The number of anilines is 3. The van der Waals surface area contributed by atoms with E-state index in [2.05, 4.69) is 276 Å². The highest BCUT2D eigenvalue weighted by atomic mass is 32.1. The molecule has 2 heterocycles. The maximum absolute atomic E-state index is 2.43. The minimum atomic E-state index is 1.08. The molecule has 0 atom stereocenters. The molecule has 0 unspecified atom stereocenters. The summed E-state index contributed by atoms with van der Waals surface area (Å²) in [4.78, 5) is 2.43. The van der Waals surface area contributed by atoms with E-state index in [4.69, 9.17) is 0 Å². The molecule has 0 bridgehead atoms. The van der Waals surface area contributed by atoms with Gasteiger partial charge in [-0.05, 0) is 111 Å². The van der Waals surface area contributed by atoms with Crippen LogP contribution in [0.15, 0.2) is 267 Å². The molecule has 0 saturated heterocycles. The summed E-state index contributed by atoms with van der Waals surface area (Å²) in [5.41, 5.74) is 18.7. The number of aromatic nitrogens is 1. The van der Waals surface area contributed by atoms with Crippen LogP contribution in [0.5, 0.6) is 0 Å². The van der Waals surface area contributed by atoms with Gasteiger partial charge in [-0.25, -0.2) is 0 Å². The largest absolute Gasteiger partial charge is 0.310 e. The molecular formula is C66H44N2S. The second kappa shape index (κ2) is 17.2. The zero-order valence-electron chi connectivity index (χ0n) is 37.7. The summed E-state index contributed by atoms with van der Waals surface area (Å²) in [6.45, 7) is 0. The van der Waals surface area contributed by atoms with Gasteiger partial charge < -0.3 is 9.47 Å². The molecule has 0 N–H and O–H groups in total. The van der Waals surface area contributed by atoms with E-state index >= 15 is 0 Å². The number of hydrogen-bond acceptors (Lipinski definition) is 2. The highest BCUT2D eigenvalue weighted by molar-refractivity contribution is 7.26. The fraction of sp³-hybridized carbons (Fsp3) is 0. The molecule has 0 aliphatic heterocycles. The number of nitrogens with zero attached hydrogens (tertiary/aromatic N) is 2. The van der Waals surface area contributed by atoms with Crippen LogP contribution in [-0.4, -0.2) is 4.57 Å². The summed E-state index contributed by atoms with van der Waals surface area (Å²) >= 11 is 1.87. The van der Waals surface area contributed by atoms with Crippen molar-refractivity contribution in [2.24, 2.45) is 0 Å². The van der Waals surface area contributed by atoms with E-state index in [9.17, 15) is 0 Å². The van der Waals surface area contributed by atoms with Crippen LogP contribution in [0.2, 0.25) is 0 Å². The molecule has 2 aromatic heterocycles. The topological polar surface area (TPSA) is 8.17 Å². The van der Waals surface area contributed by atoms with Gasteiger partial charge in [0.25, 0.3) is 0 Å². The maximum atomic E-state index is 2.43. The minimum Gasteiger partial charge on any atom is -0.310 e. The van der Waals surface area contributed by atoms with Gasteiger partial charge in [-0.3, -0.25) is 0 Å². The Hall–Kier alpha value is -8.76. The highest BCUT2D eigenvalue weighted by Crippen LogP contribution is 2.47. The third-order valence-corrected chi connectivity index (χ3v) is 14.9. The number of fused-ring (bicyclic) bond motifs is 6. The lowest BCUT2D eigenvalue weighted by Gasteiger charge is -2.29. The van der Waals surface area contributed by atoms with Crippen LogP contribution in [-0.2, 0) is 0 Å². The lowest BCUT2D eigenvalue weighted by molar-refractivity contribution is 1.18. The lowest BCUT2D eigenvalue weighted by Crippen LogP contribution is -2.11. The number of benzene rings is 11. The zero-order valence-corrected chi connectivity index (χ0v) is 38.5. The van der Waals surface area contributed by atoms with Crippen LogP contribution < -0.4 is 4.90 Å². The Morgan fingerprint density at radius 2 is 0.754 bits per heavy atom. The highest BCUT2D eigenvalue weighted by Gasteiger charge is 2.21. The minimum absolute atomic E-state index is 1.08. The molecule has 0 fully saturated rings. The van der Waals surface area contributed by atoms with Crippen molar-refractivity contribution in [3.63, 3.8) is 0 Å². The van der Waals surface area contributed by atoms with Gasteiger partial charge in [0.05, 0.1) is 16.7 Å². The van der Waals surface area contributed by atoms with Crippen molar-refractivity contribution < 1.29 is 0 Å². The van der Waals surface area contributed by atoms with Gasteiger partial charge in [-0.2, -0.15) is 0 Å². The van der Waals surface area contributed by atoms with Crippen molar-refractivity contribution in [3.05, 3.63) is 267 Å². The van der Waals surface area contributed by atoms with Crippen molar-refractivity contribution in [1.82, 2.24) is 4.57 Å². The number of para-hydroxylation sites is 3. The van der Waals surface area contributed by atoms with Gasteiger partial charge in [0.1, 0.15) is 0 Å². The summed E-state index contributed by atoms with van der Waals surface area (Å²) in [6, 6.07) is 97.3. The number of hydrogen-bond donors (Lipinski definition) is 0. The van der Waals surface area contributed by atoms with Crippen LogP contribution in [0, 0.1) is 0 Å². The van der Waals surface area contributed by atoms with Crippen LogP contribution >= 0.6 is 11.3 Å². The van der Waals surface area contributed by atoms with Crippen LogP contribution in [0.4, 0.5) is 17.1 Å². The van der Waals surface area contributed by atoms with Gasteiger partial charge in [0.2, 0.25) is 0 Å². The lowest BCUT2D eigenvalue weighted by atomic mass is 9.88. The Morgan fingerprint density at radius 3 is 1.45 bits per heavy atom. The van der Waals surface area contributed by atoms with E-state index in [0.717, 1.165) is 33.9 Å². The van der Waals surface area contributed by atoms with Crippen LogP contribution in [0.1, 0.15) is 0 Å². The first-order valence-electron chi connectivity index (χ1n) is 23.6. The van der Waals surface area contributed by atoms with E-state index in [1.54, 1.807) is 0 Å². The van der Waals surface area contributed by atoms with E-state index in [0.29, 0.717) is 0 Å². The average molecular weight is 897 g/mol. The van der Waals surface area contributed by atoms with Gasteiger partial charge in [-0.1, -0.05) is 206 Å². The predicted octanol–water partition coefficient (Wildman–Crippen LogP) is 19.0. The van der Waals surface area contributed by atoms with Gasteiger partial charge in [-0.15, -0.1) is 11.3 Å². The second-order valence-corrected chi connectivity index (χ2v) is 18.7. The number of thiophene rings is 1. The Bertz CT molecular complexity index is 3960. The van der Waals surface area contributed by atoms with E-state index in [1.165, 1.54) is 86.5 Å². The summed E-state index contributed by atoms with van der Waals surface area (Å²) in [7, 11) is 0. The average Bonchev–Trinajstić information content (AvgIpc) is 3.98. The number of rotatable bonds is 9. The molecule has 3 heteroatoms. The second-order valence-electron chi connectivity index (χ2n) is 17.6. The fourth-order valence-electron chi connectivity index (χ4n) is 10.5. The molecule has 0 aliphatic carbocycles. The molecule has 13 aromatic rings. The van der Waals surface area contributed by atoms with E-state index < -0.39 is 0 Å². The van der Waals surface area contributed by atoms with Crippen molar-refractivity contribution in [2.75, 3.05) is 4.90 Å². The van der Waals surface area contributed by atoms with E-state index in [1.807, 2.05) is 11.3 Å². The molecule has 0 aliphatic rings. The first-order chi connectivity index (χ1) is 34.2. The van der Waals surface area contributed by atoms with Gasteiger partial charge in [0.15, 0.2) is 0 Å². The fourth-order valence-corrected chi connectivity index (χ4v) is 11.7. The summed E-state index contributed by atoms with van der Waals surface area (Å²) in [5.74, 6) is 0. The molecule has 2 nitrogen and oxygen atoms in total. The Kier molecular flexibility index (Phi) is 10.1. The monoisotopic (exact) mass is 896 g/mol. The molecule has 324 valence electrons. The molecule has 0 spiro atoms. The normalized spacial score (nSPS) is 11.5. The SMILES string of the molecule is c1ccc(-c2ccccc2-c2ccccc2-c2ccccc2N(c2ccc(-c3cccc(-n4c5ccccc5c5ccccc54)c3)cc2)c2ccc(-c3cccc4c3sc3ccccc34)cc2)cc1. The summed E-state index contributed by atoms with van der Waals surface area (Å²) in [5, 5.41) is 5.14. The molecule has 0 amide bonds. The van der Waals surface area contributed by atoms with Gasteiger partial charge >= 0.3 is 0 Å². The molecule has 13 rings (SSSR count). The van der Waals surface area contributed by atoms with Crippen molar-refractivity contribution in [1.29, 1.82) is 0 Å². The van der Waals surface area contributed by atoms with Crippen LogP contribution in [0.3, 0.4) is 0 Å². The molecule has 0 radical (unpaired) electrons. The Labute approximate surface area is 405 Å². The zero-order chi connectivity index (χ0) is 45.7. The molecule has 11 aromatic carbocycles. The third-order valence-electron chi connectivity index (χ3n) is 13.6. The first kappa shape index (κ1) is 40.5. The summed E-state index contributed by atoms with van der Waals surface area (Å²) < 4.78 is 5.02. The van der Waals surface area contributed by atoms with Crippen molar-refractivity contribution >= 4 is 70.4 Å². The Morgan fingerprint density at radius 1 is 0.290 bits per heavy atom. The third kappa shape index (κ3) is 7.11. The van der Waals surface area contributed by atoms with Gasteiger partial charge in [0, 0.05) is 53.6 Å². The predicted molar refractivity (Wildman–Crippen MR) is 296 cm³/mol. The van der Waals surface area contributed by atoms with Crippen molar-refractivity contribution in [3.8, 4) is 61.3 Å². The Balaban J connectivity index is 0.942. The first-order valence-corrected chi connectivity index (χ1v) is 24.4. The van der Waals surface area contributed by atoms with E-state index in [-0.39, 0.29) is 0 Å². The maximum Gasteiger partial charge on any atom is 0.0541 e. The standard InChI is InChI=1S/C66H44N2S/c1-2-18-46(19-3-1)52-22-4-5-23-54(52)55-24-6-7-25-56(55)57-26-8-12-32-62(57)67(50-42-38-47(39-43-50)53-30-17-31-61-60-29-11-15-35-65(60)69-66(53)61)49-40-36-45(37-41-49)48-20-16-21-51(44-48)68-63-33-13-9-27-58(63)59-28-10-14-34-64(59)68/h1-44H. The molecule has 0 saturated carbocycles. The summed E-state index contributed by atoms with van der Waals surface area (Å²) in [6.07, 6.45) is 0. The quantitative estimate of drug-likeness (QED) is 0.140. The smallest absolute Gasteiger partial charge is 0.0541 e. The molecule has 69 heavy (non-hydrogen) atoms. The van der Waals surface area contributed by atoms with Crippen molar-refractivity contribution in [2.45, 2.75) is 0 Å².